The SMILES string of the molecule is C=CCC[C@@H](O)CN(CC)C[C@H]1CC(c2ccc(Cl)cc2)=NO1. The Kier molecular flexibility index (Phi) is 7.09. The molecule has 0 saturated carbocycles. The number of hydrogen-bond donors (Lipinski definition) is 1. The van der Waals surface area contributed by atoms with Crippen molar-refractivity contribution in [3.8, 4) is 0 Å². The molecular weight excluding hydrogens is 312 g/mol. The van der Waals surface area contributed by atoms with Gasteiger partial charge >= 0.3 is 0 Å². The van der Waals surface area contributed by atoms with Crippen LogP contribution in [0.5, 0.6) is 0 Å². The molecule has 0 fully saturated rings. The van der Waals surface area contributed by atoms with Gasteiger partial charge in [-0.05, 0) is 37.1 Å². The predicted octanol–water partition coefficient (Wildman–Crippen LogP) is 3.48. The van der Waals surface area contributed by atoms with Gasteiger partial charge in [0, 0.05) is 24.5 Å². The highest BCUT2D eigenvalue weighted by atomic mass is 35.5. The summed E-state index contributed by atoms with van der Waals surface area (Å²) in [6, 6.07) is 7.65. The van der Waals surface area contributed by atoms with E-state index in [4.69, 9.17) is 16.4 Å². The number of benzene rings is 1. The second kappa shape index (κ2) is 9.06. The van der Waals surface area contributed by atoms with E-state index in [-0.39, 0.29) is 12.2 Å². The Bertz CT molecular complexity index is 530. The summed E-state index contributed by atoms with van der Waals surface area (Å²) >= 11 is 5.91. The van der Waals surface area contributed by atoms with Crippen LogP contribution in [0.2, 0.25) is 5.02 Å². The van der Waals surface area contributed by atoms with Crippen molar-refractivity contribution in [3.05, 3.63) is 47.5 Å². The molecule has 0 saturated heterocycles. The number of oxime groups is 1. The summed E-state index contributed by atoms with van der Waals surface area (Å²) in [7, 11) is 0. The van der Waals surface area contributed by atoms with Crippen molar-refractivity contribution in [1.29, 1.82) is 0 Å². The molecule has 5 heteroatoms. The summed E-state index contributed by atoms with van der Waals surface area (Å²) in [5, 5.41) is 15.0. The van der Waals surface area contributed by atoms with Crippen LogP contribution in [-0.4, -0.2) is 47.6 Å². The summed E-state index contributed by atoms with van der Waals surface area (Å²) < 4.78 is 0. The van der Waals surface area contributed by atoms with Gasteiger partial charge < -0.3 is 9.94 Å². The van der Waals surface area contributed by atoms with Crippen molar-refractivity contribution in [2.75, 3.05) is 19.6 Å². The van der Waals surface area contributed by atoms with Gasteiger partial charge in [-0.3, -0.25) is 4.90 Å². The maximum absolute atomic E-state index is 10.0. The van der Waals surface area contributed by atoms with Gasteiger partial charge in [0.1, 0.15) is 6.10 Å². The van der Waals surface area contributed by atoms with Crippen LogP contribution in [0.1, 0.15) is 31.7 Å². The summed E-state index contributed by atoms with van der Waals surface area (Å²) in [6.45, 7) is 8.08. The highest BCUT2D eigenvalue weighted by Crippen LogP contribution is 2.19. The number of allylic oxidation sites excluding steroid dienone is 1. The quantitative estimate of drug-likeness (QED) is 0.702. The van der Waals surface area contributed by atoms with Gasteiger partial charge in [-0.1, -0.05) is 41.9 Å². The van der Waals surface area contributed by atoms with E-state index < -0.39 is 0 Å². The maximum atomic E-state index is 10.0. The topological polar surface area (TPSA) is 45.1 Å². The molecule has 0 bridgehead atoms. The lowest BCUT2D eigenvalue weighted by atomic mass is 10.0. The van der Waals surface area contributed by atoms with E-state index in [1.165, 1.54) is 0 Å². The molecule has 0 unspecified atom stereocenters. The third-order valence-corrected chi connectivity index (χ3v) is 4.24. The van der Waals surface area contributed by atoms with Crippen LogP contribution in [0.25, 0.3) is 0 Å². The molecule has 23 heavy (non-hydrogen) atoms. The van der Waals surface area contributed by atoms with E-state index in [0.29, 0.717) is 6.54 Å². The number of likely N-dealkylation sites (N-methyl/N-ethyl adjacent to an activating group) is 1. The van der Waals surface area contributed by atoms with E-state index >= 15 is 0 Å². The minimum Gasteiger partial charge on any atom is -0.392 e. The first-order valence-corrected chi connectivity index (χ1v) is 8.50. The Morgan fingerprint density at radius 2 is 2.22 bits per heavy atom. The van der Waals surface area contributed by atoms with Gasteiger partial charge in [0.2, 0.25) is 0 Å². The molecular formula is C18H25ClN2O2. The second-order valence-corrected chi connectivity index (χ2v) is 6.28. The molecule has 126 valence electrons. The lowest BCUT2D eigenvalue weighted by molar-refractivity contribution is 0.0356. The van der Waals surface area contributed by atoms with Crippen molar-refractivity contribution in [2.45, 2.75) is 38.4 Å². The molecule has 0 aromatic heterocycles. The van der Waals surface area contributed by atoms with E-state index in [2.05, 4.69) is 23.6 Å². The molecule has 2 rings (SSSR count). The second-order valence-electron chi connectivity index (χ2n) is 5.85. The molecule has 0 radical (unpaired) electrons. The van der Waals surface area contributed by atoms with E-state index in [0.717, 1.165) is 48.6 Å². The number of rotatable bonds is 9. The normalized spacial score (nSPS) is 18.6. The summed E-state index contributed by atoms with van der Waals surface area (Å²) in [5.41, 5.74) is 2.00. The van der Waals surface area contributed by atoms with Crippen LogP contribution >= 0.6 is 11.6 Å². The minimum atomic E-state index is -0.328. The summed E-state index contributed by atoms with van der Waals surface area (Å²) in [6.07, 6.45) is 3.91. The molecule has 1 aromatic carbocycles. The number of hydrogen-bond acceptors (Lipinski definition) is 4. The van der Waals surface area contributed by atoms with Crippen molar-refractivity contribution < 1.29 is 9.94 Å². The van der Waals surface area contributed by atoms with Gasteiger partial charge in [0.15, 0.2) is 0 Å². The highest BCUT2D eigenvalue weighted by molar-refractivity contribution is 6.30. The smallest absolute Gasteiger partial charge is 0.145 e. The molecule has 1 N–H and O–H groups in total. The maximum Gasteiger partial charge on any atom is 0.145 e. The first kappa shape index (κ1) is 18.0. The third-order valence-electron chi connectivity index (χ3n) is 3.99. The van der Waals surface area contributed by atoms with Crippen molar-refractivity contribution in [1.82, 2.24) is 4.90 Å². The number of halogens is 1. The van der Waals surface area contributed by atoms with Crippen LogP contribution in [0, 0.1) is 0 Å². The van der Waals surface area contributed by atoms with Crippen LogP contribution in [0.15, 0.2) is 42.1 Å². The predicted molar refractivity (Wildman–Crippen MR) is 95.0 cm³/mol. The fourth-order valence-electron chi connectivity index (χ4n) is 2.66. The molecule has 1 aliphatic rings. The number of nitrogens with zero attached hydrogens (tertiary/aromatic N) is 2. The van der Waals surface area contributed by atoms with Gasteiger partial charge in [-0.25, -0.2) is 0 Å². The Hall–Kier alpha value is -1.36. The van der Waals surface area contributed by atoms with Gasteiger partial charge in [-0.2, -0.15) is 0 Å². The molecule has 0 aliphatic carbocycles. The molecule has 1 heterocycles. The van der Waals surface area contributed by atoms with Crippen LogP contribution < -0.4 is 0 Å². The van der Waals surface area contributed by atoms with E-state index in [9.17, 15) is 5.11 Å². The molecule has 0 spiro atoms. The average molecular weight is 337 g/mol. The fourth-order valence-corrected chi connectivity index (χ4v) is 2.79. The Balaban J connectivity index is 1.82. The lowest BCUT2D eigenvalue weighted by Crippen LogP contribution is -2.38. The molecule has 1 aromatic rings. The zero-order valence-corrected chi connectivity index (χ0v) is 14.4. The monoisotopic (exact) mass is 336 g/mol. The van der Waals surface area contributed by atoms with Crippen molar-refractivity contribution in [2.24, 2.45) is 5.16 Å². The molecule has 2 atom stereocenters. The van der Waals surface area contributed by atoms with Crippen molar-refractivity contribution >= 4 is 17.3 Å². The number of aliphatic hydroxyl groups excluding tert-OH is 1. The first-order valence-electron chi connectivity index (χ1n) is 8.12. The van der Waals surface area contributed by atoms with Gasteiger partial charge in [0.25, 0.3) is 0 Å². The summed E-state index contributed by atoms with van der Waals surface area (Å²) in [5.74, 6) is 0. The molecule has 1 aliphatic heterocycles. The minimum absolute atomic E-state index is 0.0345. The Labute approximate surface area is 143 Å². The third kappa shape index (κ3) is 5.65. The van der Waals surface area contributed by atoms with Crippen LogP contribution in [-0.2, 0) is 4.84 Å². The molecule has 0 amide bonds. The van der Waals surface area contributed by atoms with Crippen LogP contribution in [0.3, 0.4) is 0 Å². The zero-order chi connectivity index (χ0) is 16.7. The summed E-state index contributed by atoms with van der Waals surface area (Å²) in [4.78, 5) is 7.77. The van der Waals surface area contributed by atoms with Crippen LogP contribution in [0.4, 0.5) is 0 Å². The Morgan fingerprint density at radius 1 is 1.48 bits per heavy atom. The zero-order valence-electron chi connectivity index (χ0n) is 13.6. The molecule has 4 nitrogen and oxygen atoms in total. The lowest BCUT2D eigenvalue weighted by Gasteiger charge is -2.25. The first-order chi connectivity index (χ1) is 11.1. The number of aliphatic hydroxyl groups is 1. The fraction of sp³-hybridized carbons (Fsp3) is 0.500. The Morgan fingerprint density at radius 3 is 2.87 bits per heavy atom. The van der Waals surface area contributed by atoms with E-state index in [1.54, 1.807) is 0 Å². The highest BCUT2D eigenvalue weighted by Gasteiger charge is 2.24. The van der Waals surface area contributed by atoms with Crippen molar-refractivity contribution in [3.63, 3.8) is 0 Å². The standard InChI is InChI=1S/C18H25ClN2O2/c1-3-5-6-16(22)12-21(4-2)13-17-11-18(20-23-17)14-7-9-15(19)10-8-14/h3,7-10,16-17,22H,1,4-6,11-13H2,2H3/t16-,17-/m1/s1. The van der Waals surface area contributed by atoms with E-state index in [1.807, 2.05) is 30.3 Å². The largest absolute Gasteiger partial charge is 0.392 e. The van der Waals surface area contributed by atoms with Gasteiger partial charge in [0.05, 0.1) is 11.8 Å². The van der Waals surface area contributed by atoms with Gasteiger partial charge in [-0.15, -0.1) is 6.58 Å². The average Bonchev–Trinajstić information content (AvgIpc) is 3.01.